The summed E-state index contributed by atoms with van der Waals surface area (Å²) in [5, 5.41) is 2.39. The Hall–Kier alpha value is -2.10. The van der Waals surface area contributed by atoms with Gasteiger partial charge in [0.1, 0.15) is 11.9 Å². The molecule has 0 saturated carbocycles. The van der Waals surface area contributed by atoms with Crippen LogP contribution in [-0.4, -0.2) is 15.4 Å². The summed E-state index contributed by atoms with van der Waals surface area (Å²) in [6.07, 6.45) is -0.0233. The average molecular weight is 334 g/mol. The minimum absolute atomic E-state index is 0.0233. The predicted octanol–water partition coefficient (Wildman–Crippen LogP) is 5.77. The number of rotatable bonds is 3. The zero-order valence-electron chi connectivity index (χ0n) is 14.6. The molecule has 3 aromatic rings. The van der Waals surface area contributed by atoms with Crippen LogP contribution in [-0.2, 0) is 4.74 Å². The number of ether oxygens (including phenoxy) is 1. The lowest BCUT2D eigenvalue weighted by atomic mass is 9.98. The molecule has 122 valence electrons. The molecule has 0 N–H and O–H groups in total. The molecule has 0 heterocycles. The molecule has 1 aliphatic carbocycles. The van der Waals surface area contributed by atoms with Gasteiger partial charge in [0, 0.05) is 18.1 Å². The summed E-state index contributed by atoms with van der Waals surface area (Å²) < 4.78 is 12.4. The number of hydrogen-bond acceptors (Lipinski definition) is 2. The van der Waals surface area contributed by atoms with Gasteiger partial charge in [0.25, 0.3) is 0 Å². The zero-order valence-corrected chi connectivity index (χ0v) is 15.6. The highest BCUT2D eigenvalue weighted by Crippen LogP contribution is 2.52. The smallest absolute Gasteiger partial charge is 0.242 e. The van der Waals surface area contributed by atoms with Gasteiger partial charge in [-0.25, -0.2) is 0 Å². The monoisotopic (exact) mass is 334 g/mol. The molecule has 1 unspecified atom stereocenters. The largest absolute Gasteiger partial charge is 0.543 e. The normalized spacial score (nSPS) is 16.1. The maximum Gasteiger partial charge on any atom is 0.242 e. The lowest BCUT2D eigenvalue weighted by Crippen LogP contribution is -2.29. The number of hydrogen-bond donors (Lipinski definition) is 0. The highest BCUT2D eigenvalue weighted by molar-refractivity contribution is 6.70. The van der Waals surface area contributed by atoms with Crippen LogP contribution < -0.4 is 4.43 Å². The zero-order chi connectivity index (χ0) is 16.9. The molecular weight excluding hydrogens is 312 g/mol. The third kappa shape index (κ3) is 2.36. The Morgan fingerprint density at radius 3 is 2.33 bits per heavy atom. The highest BCUT2D eigenvalue weighted by Gasteiger charge is 2.33. The topological polar surface area (TPSA) is 18.5 Å². The SMILES string of the molecule is COC1c2ccccc2-c2c1cc1ccccc1c2O[Si](C)(C)C. The van der Waals surface area contributed by atoms with Crippen molar-refractivity contribution in [2.45, 2.75) is 25.7 Å². The van der Waals surface area contributed by atoms with E-state index in [2.05, 4.69) is 74.2 Å². The summed E-state index contributed by atoms with van der Waals surface area (Å²) in [6.45, 7) is 6.70. The van der Waals surface area contributed by atoms with Crippen molar-refractivity contribution in [1.29, 1.82) is 0 Å². The van der Waals surface area contributed by atoms with Crippen molar-refractivity contribution in [1.82, 2.24) is 0 Å². The second-order valence-corrected chi connectivity index (χ2v) is 11.7. The molecular formula is C21H22O2Si. The first-order valence-corrected chi connectivity index (χ1v) is 11.8. The van der Waals surface area contributed by atoms with E-state index in [0.29, 0.717) is 0 Å². The van der Waals surface area contributed by atoms with Crippen molar-refractivity contribution in [2.75, 3.05) is 7.11 Å². The minimum Gasteiger partial charge on any atom is -0.543 e. The molecule has 0 bridgehead atoms. The van der Waals surface area contributed by atoms with Crippen molar-refractivity contribution in [3.05, 3.63) is 65.7 Å². The van der Waals surface area contributed by atoms with Gasteiger partial charge in [-0.3, -0.25) is 0 Å². The molecule has 4 rings (SSSR count). The molecule has 1 aliphatic rings. The van der Waals surface area contributed by atoms with Crippen molar-refractivity contribution in [2.24, 2.45) is 0 Å². The van der Waals surface area contributed by atoms with Gasteiger partial charge in [-0.1, -0.05) is 48.5 Å². The lowest BCUT2D eigenvalue weighted by Gasteiger charge is -2.24. The van der Waals surface area contributed by atoms with E-state index in [-0.39, 0.29) is 6.10 Å². The molecule has 24 heavy (non-hydrogen) atoms. The first-order chi connectivity index (χ1) is 11.5. The van der Waals surface area contributed by atoms with Crippen LogP contribution in [0, 0.1) is 0 Å². The quantitative estimate of drug-likeness (QED) is 0.566. The first kappa shape index (κ1) is 15.4. The molecule has 0 spiro atoms. The van der Waals surface area contributed by atoms with E-state index < -0.39 is 8.32 Å². The van der Waals surface area contributed by atoms with E-state index in [4.69, 9.17) is 9.16 Å². The van der Waals surface area contributed by atoms with Crippen molar-refractivity contribution in [3.8, 4) is 16.9 Å². The van der Waals surface area contributed by atoms with Crippen molar-refractivity contribution < 1.29 is 9.16 Å². The molecule has 0 aromatic heterocycles. The molecule has 3 aromatic carbocycles. The van der Waals surface area contributed by atoms with Gasteiger partial charge in [-0.05, 0) is 47.8 Å². The molecule has 0 fully saturated rings. The molecule has 0 amide bonds. The first-order valence-electron chi connectivity index (χ1n) is 8.36. The summed E-state index contributed by atoms with van der Waals surface area (Å²) >= 11 is 0. The summed E-state index contributed by atoms with van der Waals surface area (Å²) in [5.41, 5.74) is 4.88. The van der Waals surface area contributed by atoms with Gasteiger partial charge in [-0.15, -0.1) is 0 Å². The Labute approximate surface area is 144 Å². The van der Waals surface area contributed by atoms with Crippen LogP contribution >= 0.6 is 0 Å². The summed E-state index contributed by atoms with van der Waals surface area (Å²) in [5.74, 6) is 1.02. The van der Waals surface area contributed by atoms with Crippen LogP contribution in [0.4, 0.5) is 0 Å². The maximum absolute atomic E-state index is 6.59. The van der Waals surface area contributed by atoms with Gasteiger partial charge in [-0.2, -0.15) is 0 Å². The van der Waals surface area contributed by atoms with Crippen LogP contribution in [0.3, 0.4) is 0 Å². The van der Waals surface area contributed by atoms with E-state index in [9.17, 15) is 0 Å². The number of benzene rings is 3. The second-order valence-electron chi connectivity index (χ2n) is 7.31. The third-order valence-corrected chi connectivity index (χ3v) is 5.29. The van der Waals surface area contributed by atoms with Crippen LogP contribution in [0.25, 0.3) is 21.9 Å². The van der Waals surface area contributed by atoms with Gasteiger partial charge in [0.05, 0.1) is 0 Å². The Morgan fingerprint density at radius 1 is 0.875 bits per heavy atom. The summed E-state index contributed by atoms with van der Waals surface area (Å²) in [4.78, 5) is 0. The fourth-order valence-electron chi connectivity index (χ4n) is 3.61. The highest BCUT2D eigenvalue weighted by atomic mass is 28.4. The number of methoxy groups -OCH3 is 1. The van der Waals surface area contributed by atoms with Gasteiger partial charge in [0.15, 0.2) is 0 Å². The summed E-state index contributed by atoms with van der Waals surface area (Å²) in [6, 6.07) is 19.2. The Balaban J connectivity index is 2.10. The molecule has 2 nitrogen and oxygen atoms in total. The van der Waals surface area contributed by atoms with E-state index in [0.717, 1.165) is 5.75 Å². The van der Waals surface area contributed by atoms with E-state index >= 15 is 0 Å². The minimum atomic E-state index is -1.75. The van der Waals surface area contributed by atoms with Crippen LogP contribution in [0.1, 0.15) is 17.2 Å². The predicted molar refractivity (Wildman–Crippen MR) is 102 cm³/mol. The van der Waals surface area contributed by atoms with Crippen LogP contribution in [0.15, 0.2) is 54.6 Å². The van der Waals surface area contributed by atoms with E-state index in [1.54, 1.807) is 7.11 Å². The van der Waals surface area contributed by atoms with Gasteiger partial charge < -0.3 is 9.16 Å². The fraction of sp³-hybridized carbons (Fsp3) is 0.238. The Kier molecular flexibility index (Phi) is 3.51. The summed E-state index contributed by atoms with van der Waals surface area (Å²) in [7, 11) is 0.0302. The standard InChI is InChI=1S/C21H22O2Si/c1-22-20-17-12-8-7-11-16(17)19-18(20)13-14-9-5-6-10-15(14)21(19)23-24(2,3)4/h5-13,20H,1-4H3. The molecule has 1 atom stereocenters. The molecule has 0 saturated heterocycles. The van der Waals surface area contributed by atoms with Gasteiger partial charge >= 0.3 is 0 Å². The van der Waals surface area contributed by atoms with E-state index in [1.807, 2.05) is 0 Å². The van der Waals surface area contributed by atoms with Gasteiger partial charge in [0.2, 0.25) is 8.32 Å². The van der Waals surface area contributed by atoms with E-state index in [1.165, 1.54) is 33.0 Å². The fourth-order valence-corrected chi connectivity index (χ4v) is 4.43. The molecule has 0 radical (unpaired) electrons. The molecule has 3 heteroatoms. The van der Waals surface area contributed by atoms with Crippen molar-refractivity contribution >= 4 is 19.1 Å². The number of fused-ring (bicyclic) bond motifs is 4. The van der Waals surface area contributed by atoms with Crippen molar-refractivity contribution in [3.63, 3.8) is 0 Å². The van der Waals surface area contributed by atoms with Crippen LogP contribution in [0.5, 0.6) is 5.75 Å². The Bertz CT molecular complexity index is 925. The lowest BCUT2D eigenvalue weighted by molar-refractivity contribution is 0.140. The third-order valence-electron chi connectivity index (χ3n) is 4.47. The Morgan fingerprint density at radius 2 is 1.58 bits per heavy atom. The maximum atomic E-state index is 6.59. The second kappa shape index (κ2) is 5.47. The average Bonchev–Trinajstić information content (AvgIpc) is 2.86. The molecule has 0 aliphatic heterocycles. The van der Waals surface area contributed by atoms with Crippen LogP contribution in [0.2, 0.25) is 19.6 Å².